The van der Waals surface area contributed by atoms with Gasteiger partial charge in [0, 0.05) is 19.1 Å². The van der Waals surface area contributed by atoms with Gasteiger partial charge in [0.15, 0.2) is 6.10 Å². The van der Waals surface area contributed by atoms with Gasteiger partial charge >= 0.3 is 12.1 Å². The number of carboxylic acid groups (broad SMARTS) is 1. The summed E-state index contributed by atoms with van der Waals surface area (Å²) in [4.78, 5) is 36.5. The number of carbonyl (C=O) groups excluding carboxylic acids is 2. The first kappa shape index (κ1) is 22.4. The molecule has 0 saturated heterocycles. The molecule has 0 heterocycles. The van der Waals surface area contributed by atoms with Crippen LogP contribution in [0.25, 0.3) is 11.1 Å². The smallest absolute Gasteiger partial charge is 0.407 e. The van der Waals surface area contributed by atoms with Gasteiger partial charge in [-0.25, -0.2) is 4.79 Å². The lowest BCUT2D eigenvalue weighted by Crippen LogP contribution is -2.47. The Hall–Kier alpha value is -3.39. The highest BCUT2D eigenvalue weighted by Crippen LogP contribution is 2.63. The van der Waals surface area contributed by atoms with Gasteiger partial charge in [-0.15, -0.1) is 0 Å². The summed E-state index contributed by atoms with van der Waals surface area (Å²) in [5, 5.41) is 14.9. The maximum atomic E-state index is 12.6. The van der Waals surface area contributed by atoms with Crippen LogP contribution < -0.4 is 10.6 Å². The van der Waals surface area contributed by atoms with E-state index in [0.29, 0.717) is 19.3 Å². The van der Waals surface area contributed by atoms with E-state index in [9.17, 15) is 19.5 Å². The molecule has 0 radical (unpaired) electrons. The molecule has 2 aromatic rings. The number of aliphatic carboxylic acids is 1. The van der Waals surface area contributed by atoms with Gasteiger partial charge in [0.05, 0.1) is 12.0 Å². The molecule has 2 amide bonds. The molecule has 2 fully saturated rings. The third kappa shape index (κ3) is 3.92. The third-order valence-corrected chi connectivity index (χ3v) is 7.54. The highest BCUT2D eigenvalue weighted by molar-refractivity contribution is 5.83. The van der Waals surface area contributed by atoms with Gasteiger partial charge in [-0.3, -0.25) is 9.59 Å². The topological polar surface area (TPSA) is 114 Å². The van der Waals surface area contributed by atoms with Crippen LogP contribution >= 0.6 is 0 Å². The van der Waals surface area contributed by atoms with E-state index >= 15 is 0 Å². The van der Waals surface area contributed by atoms with Crippen molar-refractivity contribution in [2.75, 3.05) is 20.3 Å². The second-order valence-corrected chi connectivity index (χ2v) is 9.44. The van der Waals surface area contributed by atoms with Crippen molar-refractivity contribution in [1.29, 1.82) is 0 Å². The monoisotopic (exact) mass is 464 g/mol. The predicted molar refractivity (Wildman–Crippen MR) is 123 cm³/mol. The standard InChI is InChI=1S/C26H28N2O6/c1-33-22(23(29)28-16-10-15-11-26(15,12-16)24(30)31)13-27-25(32)34-14-21-19-8-4-2-6-17(19)18-7-3-5-9-20(18)21/h2-9,15-16,21-22H,10-14H2,1H3,(H,27,32)(H,28,29)(H,30,31)/t15-,16+,22?,26+/m0/s1. The summed E-state index contributed by atoms with van der Waals surface area (Å²) in [6.45, 7) is 0.143. The normalized spacial score (nSPS) is 25.0. The molecule has 0 aliphatic heterocycles. The molecule has 0 bridgehead atoms. The molecular formula is C26H28N2O6. The number of rotatable bonds is 8. The van der Waals surface area contributed by atoms with Crippen LogP contribution in [0.3, 0.4) is 0 Å². The fourth-order valence-electron chi connectivity index (χ4n) is 5.67. The number of alkyl carbamates (subject to hydrolysis) is 1. The van der Waals surface area contributed by atoms with Crippen LogP contribution in [0.2, 0.25) is 0 Å². The van der Waals surface area contributed by atoms with Crippen molar-refractivity contribution >= 4 is 18.0 Å². The Kier molecular flexibility index (Phi) is 5.77. The Morgan fingerprint density at radius 3 is 2.29 bits per heavy atom. The zero-order chi connectivity index (χ0) is 23.9. The molecule has 4 atom stereocenters. The Morgan fingerprint density at radius 2 is 1.71 bits per heavy atom. The number of hydrogen-bond donors (Lipinski definition) is 3. The van der Waals surface area contributed by atoms with Gasteiger partial charge in [-0.1, -0.05) is 48.5 Å². The highest BCUT2D eigenvalue weighted by Gasteiger charge is 2.65. The van der Waals surface area contributed by atoms with Crippen molar-refractivity contribution < 1.29 is 29.0 Å². The summed E-state index contributed by atoms with van der Waals surface area (Å²) in [5.74, 6) is -1.06. The van der Waals surface area contributed by atoms with Crippen molar-refractivity contribution in [3.05, 3.63) is 59.7 Å². The second kappa shape index (κ2) is 8.76. The minimum atomic E-state index is -0.891. The SMILES string of the molecule is COC(CNC(=O)OCC1c2ccccc2-c2ccccc21)C(=O)N[C@@H]1C[C@H]2C[C@@]2(C(=O)O)C1. The molecule has 0 spiro atoms. The van der Waals surface area contributed by atoms with E-state index in [4.69, 9.17) is 9.47 Å². The summed E-state index contributed by atoms with van der Waals surface area (Å²) in [5.41, 5.74) is 3.88. The van der Waals surface area contributed by atoms with E-state index in [0.717, 1.165) is 22.3 Å². The van der Waals surface area contributed by atoms with Gasteiger partial charge in [0.1, 0.15) is 6.61 Å². The maximum absolute atomic E-state index is 12.6. The van der Waals surface area contributed by atoms with Crippen LogP contribution in [-0.4, -0.2) is 55.5 Å². The minimum Gasteiger partial charge on any atom is -0.481 e. The predicted octanol–water partition coefficient (Wildman–Crippen LogP) is 2.91. The maximum Gasteiger partial charge on any atom is 0.407 e. The molecule has 2 saturated carbocycles. The lowest BCUT2D eigenvalue weighted by Gasteiger charge is -2.21. The number of carbonyl (C=O) groups is 3. The summed E-state index contributed by atoms with van der Waals surface area (Å²) in [7, 11) is 1.40. The second-order valence-electron chi connectivity index (χ2n) is 9.44. The zero-order valence-electron chi connectivity index (χ0n) is 19.0. The minimum absolute atomic E-state index is 0.0424. The molecule has 3 N–H and O–H groups in total. The number of ether oxygens (including phenoxy) is 2. The van der Waals surface area contributed by atoms with Crippen LogP contribution in [0.1, 0.15) is 36.3 Å². The van der Waals surface area contributed by atoms with Gasteiger partial charge in [0.25, 0.3) is 5.91 Å². The first-order chi connectivity index (χ1) is 16.4. The number of fused-ring (bicyclic) bond motifs is 4. The van der Waals surface area contributed by atoms with Crippen molar-refractivity contribution in [3.8, 4) is 11.1 Å². The quantitative estimate of drug-likeness (QED) is 0.554. The van der Waals surface area contributed by atoms with E-state index < -0.39 is 23.6 Å². The Morgan fingerprint density at radius 1 is 1.06 bits per heavy atom. The molecule has 34 heavy (non-hydrogen) atoms. The number of amides is 2. The van der Waals surface area contributed by atoms with E-state index in [1.807, 2.05) is 36.4 Å². The van der Waals surface area contributed by atoms with Crippen molar-refractivity contribution in [3.63, 3.8) is 0 Å². The lowest BCUT2D eigenvalue weighted by molar-refractivity contribution is -0.144. The van der Waals surface area contributed by atoms with Crippen molar-refractivity contribution in [2.45, 2.75) is 37.3 Å². The molecular weight excluding hydrogens is 436 g/mol. The first-order valence-electron chi connectivity index (χ1n) is 11.6. The first-order valence-corrected chi connectivity index (χ1v) is 11.6. The Balaban J connectivity index is 1.12. The molecule has 3 aliphatic carbocycles. The van der Waals surface area contributed by atoms with E-state index in [-0.39, 0.29) is 36.9 Å². The van der Waals surface area contributed by atoms with Crippen molar-refractivity contribution in [2.24, 2.45) is 11.3 Å². The number of carboxylic acids is 1. The summed E-state index contributed by atoms with van der Waals surface area (Å²) >= 11 is 0. The van der Waals surface area contributed by atoms with E-state index in [1.54, 1.807) is 0 Å². The Labute approximate surface area is 197 Å². The molecule has 178 valence electrons. The fourth-order valence-corrected chi connectivity index (χ4v) is 5.67. The molecule has 1 unspecified atom stereocenters. The molecule has 8 heteroatoms. The summed E-state index contributed by atoms with van der Waals surface area (Å²) in [6, 6.07) is 16.0. The van der Waals surface area contributed by atoms with Gasteiger partial charge < -0.3 is 25.2 Å². The fraction of sp³-hybridized carbons (Fsp3) is 0.423. The number of nitrogens with one attached hydrogen (secondary N) is 2. The molecule has 8 nitrogen and oxygen atoms in total. The Bertz CT molecular complexity index is 1090. The molecule has 5 rings (SSSR count). The number of methoxy groups -OCH3 is 1. The average Bonchev–Trinajstić information content (AvgIpc) is 3.27. The summed E-state index contributed by atoms with van der Waals surface area (Å²) in [6.07, 6.45) is 0.275. The molecule has 2 aromatic carbocycles. The van der Waals surface area contributed by atoms with Crippen LogP contribution in [0, 0.1) is 11.3 Å². The van der Waals surface area contributed by atoms with Crippen LogP contribution in [0.15, 0.2) is 48.5 Å². The van der Waals surface area contributed by atoms with Crippen LogP contribution in [-0.2, 0) is 19.1 Å². The van der Waals surface area contributed by atoms with Gasteiger partial charge in [0.2, 0.25) is 0 Å². The van der Waals surface area contributed by atoms with E-state index in [1.165, 1.54) is 7.11 Å². The van der Waals surface area contributed by atoms with Crippen molar-refractivity contribution in [1.82, 2.24) is 10.6 Å². The largest absolute Gasteiger partial charge is 0.481 e. The highest BCUT2D eigenvalue weighted by atomic mass is 16.5. The molecule has 3 aliphatic rings. The average molecular weight is 465 g/mol. The number of benzene rings is 2. The lowest BCUT2D eigenvalue weighted by atomic mass is 9.98. The van der Waals surface area contributed by atoms with Crippen LogP contribution in [0.5, 0.6) is 0 Å². The zero-order valence-corrected chi connectivity index (χ0v) is 19.0. The van der Waals surface area contributed by atoms with Gasteiger partial charge in [-0.2, -0.15) is 0 Å². The number of hydrogen-bond acceptors (Lipinski definition) is 5. The molecule has 0 aromatic heterocycles. The third-order valence-electron chi connectivity index (χ3n) is 7.54. The van der Waals surface area contributed by atoms with E-state index in [2.05, 4.69) is 22.8 Å². The van der Waals surface area contributed by atoms with Gasteiger partial charge in [-0.05, 0) is 47.4 Å². The summed E-state index contributed by atoms with van der Waals surface area (Å²) < 4.78 is 10.8. The van der Waals surface area contributed by atoms with Crippen LogP contribution in [0.4, 0.5) is 4.79 Å².